The third-order valence-corrected chi connectivity index (χ3v) is 8.48. The SMILES string of the molecule is Cc1ccc([C@@H]2c3cccn3-c3sc4c(c3CN2C(=O)Nc2cccc(Cl)c2)CCCC4)cc1. The van der Waals surface area contributed by atoms with Gasteiger partial charge in [-0.25, -0.2) is 4.79 Å². The number of anilines is 1. The predicted octanol–water partition coefficient (Wildman–Crippen LogP) is 7.52. The molecule has 2 aromatic heterocycles. The minimum Gasteiger partial charge on any atom is -0.310 e. The molecule has 0 saturated carbocycles. The Morgan fingerprint density at radius 1 is 1.03 bits per heavy atom. The molecule has 0 fully saturated rings. The number of hydrogen-bond donors (Lipinski definition) is 1. The van der Waals surface area contributed by atoms with Crippen molar-refractivity contribution in [1.29, 1.82) is 0 Å². The molecule has 3 heterocycles. The molecule has 0 radical (unpaired) electrons. The molecule has 172 valence electrons. The molecule has 1 aliphatic heterocycles. The molecule has 4 nitrogen and oxygen atoms in total. The van der Waals surface area contributed by atoms with E-state index in [0.29, 0.717) is 17.3 Å². The fraction of sp³-hybridized carbons (Fsp3) is 0.250. The maximum atomic E-state index is 13.9. The van der Waals surface area contributed by atoms with Crippen LogP contribution in [0.3, 0.4) is 0 Å². The molecule has 1 atom stereocenters. The number of carbonyl (C=O) groups excluding carboxylic acids is 1. The van der Waals surface area contributed by atoms with Crippen molar-refractivity contribution in [2.75, 3.05) is 5.32 Å². The van der Waals surface area contributed by atoms with Gasteiger partial charge >= 0.3 is 6.03 Å². The van der Waals surface area contributed by atoms with Gasteiger partial charge in [0.25, 0.3) is 0 Å². The first kappa shape index (κ1) is 21.5. The molecule has 2 aromatic carbocycles. The number of nitrogens with zero attached hydrogens (tertiary/aromatic N) is 2. The van der Waals surface area contributed by atoms with E-state index in [2.05, 4.69) is 59.4 Å². The van der Waals surface area contributed by atoms with Crippen molar-refractivity contribution < 1.29 is 4.79 Å². The van der Waals surface area contributed by atoms with Gasteiger partial charge in [-0.3, -0.25) is 0 Å². The van der Waals surface area contributed by atoms with E-state index in [4.69, 9.17) is 11.6 Å². The first-order chi connectivity index (χ1) is 16.6. The Balaban J connectivity index is 1.50. The average Bonchev–Trinajstić information content (AvgIpc) is 3.42. The highest BCUT2D eigenvalue weighted by molar-refractivity contribution is 7.15. The molecule has 2 amide bonds. The molecule has 4 aromatic rings. The topological polar surface area (TPSA) is 37.3 Å². The van der Waals surface area contributed by atoms with E-state index in [1.807, 2.05) is 34.4 Å². The highest BCUT2D eigenvalue weighted by atomic mass is 35.5. The zero-order valence-corrected chi connectivity index (χ0v) is 20.6. The zero-order chi connectivity index (χ0) is 23.2. The minimum absolute atomic E-state index is 0.121. The van der Waals surface area contributed by atoms with Crippen LogP contribution in [-0.2, 0) is 19.4 Å². The quantitative estimate of drug-likeness (QED) is 0.312. The summed E-state index contributed by atoms with van der Waals surface area (Å²) in [4.78, 5) is 17.4. The van der Waals surface area contributed by atoms with Gasteiger partial charge in [-0.1, -0.05) is 47.5 Å². The van der Waals surface area contributed by atoms with Crippen LogP contribution in [0.15, 0.2) is 66.9 Å². The second-order valence-corrected chi connectivity index (χ2v) is 10.7. The summed E-state index contributed by atoms with van der Waals surface area (Å²) >= 11 is 8.10. The molecule has 34 heavy (non-hydrogen) atoms. The van der Waals surface area contributed by atoms with Gasteiger partial charge in [0, 0.05) is 27.3 Å². The lowest BCUT2D eigenvalue weighted by Crippen LogP contribution is -2.38. The van der Waals surface area contributed by atoms with Crippen LogP contribution in [0.4, 0.5) is 10.5 Å². The summed E-state index contributed by atoms with van der Waals surface area (Å²) in [6, 6.07) is 19.8. The predicted molar refractivity (Wildman–Crippen MR) is 139 cm³/mol. The Bertz CT molecular complexity index is 1370. The number of carbonyl (C=O) groups is 1. The summed E-state index contributed by atoms with van der Waals surface area (Å²) < 4.78 is 2.31. The van der Waals surface area contributed by atoms with Crippen LogP contribution in [0, 0.1) is 6.92 Å². The van der Waals surface area contributed by atoms with Crippen molar-refractivity contribution in [2.24, 2.45) is 0 Å². The summed E-state index contributed by atoms with van der Waals surface area (Å²) in [5.74, 6) is 0. The second-order valence-electron chi connectivity index (χ2n) is 9.18. The van der Waals surface area contributed by atoms with Crippen LogP contribution in [0.1, 0.15) is 51.7 Å². The molecule has 0 unspecified atom stereocenters. The molecular weight excluding hydrogens is 462 g/mol. The van der Waals surface area contributed by atoms with E-state index in [9.17, 15) is 4.79 Å². The number of aromatic nitrogens is 1. The number of urea groups is 1. The van der Waals surface area contributed by atoms with Gasteiger partial charge in [-0.15, -0.1) is 11.3 Å². The van der Waals surface area contributed by atoms with E-state index in [1.54, 1.807) is 6.07 Å². The number of hydrogen-bond acceptors (Lipinski definition) is 2. The van der Waals surface area contributed by atoms with E-state index < -0.39 is 0 Å². The normalized spacial score (nSPS) is 16.9. The van der Waals surface area contributed by atoms with Crippen molar-refractivity contribution >= 4 is 34.7 Å². The largest absolute Gasteiger partial charge is 0.322 e. The van der Waals surface area contributed by atoms with Gasteiger partial charge in [0.15, 0.2) is 0 Å². The number of thiophene rings is 1. The van der Waals surface area contributed by atoms with Crippen LogP contribution in [-0.4, -0.2) is 15.5 Å². The molecule has 6 heteroatoms. The fourth-order valence-electron chi connectivity index (χ4n) is 5.25. The lowest BCUT2D eigenvalue weighted by molar-refractivity contribution is 0.194. The standard InChI is InChI=1S/C28H26ClN3OS/c1-18-11-13-19(14-12-18)26-24-9-5-15-31(24)27-23(22-8-2-3-10-25(22)34-27)17-32(26)28(33)30-21-7-4-6-20(29)16-21/h4-7,9,11-16,26H,2-3,8,10,17H2,1H3,(H,30,33)/t26-/m1/s1. The van der Waals surface area contributed by atoms with Crippen LogP contribution in [0.2, 0.25) is 5.02 Å². The van der Waals surface area contributed by atoms with Crippen molar-refractivity contribution in [3.8, 4) is 5.00 Å². The van der Waals surface area contributed by atoms with Crippen molar-refractivity contribution in [3.63, 3.8) is 0 Å². The fourth-order valence-corrected chi connectivity index (χ4v) is 6.84. The highest BCUT2D eigenvalue weighted by Gasteiger charge is 2.36. The summed E-state index contributed by atoms with van der Waals surface area (Å²) in [6.45, 7) is 2.67. The van der Waals surface area contributed by atoms with Crippen LogP contribution in [0.5, 0.6) is 0 Å². The van der Waals surface area contributed by atoms with Crippen molar-refractivity contribution in [2.45, 2.75) is 45.2 Å². The van der Waals surface area contributed by atoms with Gasteiger partial charge in [0.2, 0.25) is 0 Å². The molecule has 1 aliphatic carbocycles. The van der Waals surface area contributed by atoms with E-state index in [-0.39, 0.29) is 12.1 Å². The Morgan fingerprint density at radius 2 is 1.85 bits per heavy atom. The molecule has 0 saturated heterocycles. The van der Waals surface area contributed by atoms with Crippen LogP contribution < -0.4 is 5.32 Å². The van der Waals surface area contributed by atoms with Gasteiger partial charge < -0.3 is 14.8 Å². The summed E-state index contributed by atoms with van der Waals surface area (Å²) in [6.07, 6.45) is 6.84. The van der Waals surface area contributed by atoms with E-state index in [0.717, 1.165) is 24.1 Å². The molecular formula is C28H26ClN3OS. The number of aryl methyl sites for hydroxylation is 2. The molecule has 0 bridgehead atoms. The number of amides is 2. The third kappa shape index (κ3) is 3.73. The monoisotopic (exact) mass is 487 g/mol. The second kappa shape index (κ2) is 8.64. The molecule has 1 N–H and O–H groups in total. The smallest absolute Gasteiger partial charge is 0.310 e. The molecule has 2 aliphatic rings. The van der Waals surface area contributed by atoms with Gasteiger partial charge in [0.05, 0.1) is 18.3 Å². The lowest BCUT2D eigenvalue weighted by Gasteiger charge is -2.31. The molecule has 0 spiro atoms. The Labute approximate surface area is 208 Å². The van der Waals surface area contributed by atoms with Gasteiger partial charge in [-0.05, 0) is 74.1 Å². The first-order valence-corrected chi connectivity index (χ1v) is 13.0. The highest BCUT2D eigenvalue weighted by Crippen LogP contribution is 2.44. The molecule has 6 rings (SSSR count). The minimum atomic E-state index is -0.200. The maximum absolute atomic E-state index is 13.9. The lowest BCUT2D eigenvalue weighted by atomic mass is 9.95. The summed E-state index contributed by atoms with van der Waals surface area (Å²) in [5, 5.41) is 4.98. The summed E-state index contributed by atoms with van der Waals surface area (Å²) in [7, 11) is 0. The maximum Gasteiger partial charge on any atom is 0.322 e. The Morgan fingerprint density at radius 3 is 2.68 bits per heavy atom. The third-order valence-electron chi connectivity index (χ3n) is 6.91. The number of fused-ring (bicyclic) bond motifs is 5. The summed E-state index contributed by atoms with van der Waals surface area (Å²) in [5.41, 5.74) is 6.88. The number of benzene rings is 2. The Hall–Kier alpha value is -3.02. The van der Waals surface area contributed by atoms with Crippen LogP contribution >= 0.6 is 22.9 Å². The zero-order valence-electron chi connectivity index (χ0n) is 19.1. The Kier molecular flexibility index (Phi) is 5.47. The number of halogens is 1. The first-order valence-electron chi connectivity index (χ1n) is 11.8. The van der Waals surface area contributed by atoms with E-state index in [1.165, 1.54) is 39.4 Å². The van der Waals surface area contributed by atoms with E-state index >= 15 is 0 Å². The van der Waals surface area contributed by atoms with Crippen LogP contribution in [0.25, 0.3) is 5.00 Å². The number of nitrogens with one attached hydrogen (secondary N) is 1. The van der Waals surface area contributed by atoms with Gasteiger partial charge in [0.1, 0.15) is 5.00 Å². The number of rotatable bonds is 2. The van der Waals surface area contributed by atoms with Crippen molar-refractivity contribution in [3.05, 3.63) is 105 Å². The van der Waals surface area contributed by atoms with Gasteiger partial charge in [-0.2, -0.15) is 0 Å². The van der Waals surface area contributed by atoms with Crippen molar-refractivity contribution in [1.82, 2.24) is 9.47 Å². The average molecular weight is 488 g/mol.